The molecule has 1 saturated carbocycles. The Hall–Kier alpha value is -0.820. The summed E-state index contributed by atoms with van der Waals surface area (Å²) in [6.45, 7) is 1.16. The number of benzene rings is 1. The fourth-order valence-corrected chi connectivity index (χ4v) is 3.38. The van der Waals surface area contributed by atoms with Crippen LogP contribution in [0.1, 0.15) is 49.3 Å². The van der Waals surface area contributed by atoms with Crippen molar-refractivity contribution >= 4 is 0 Å². The lowest BCUT2D eigenvalue weighted by Gasteiger charge is -2.29. The summed E-state index contributed by atoms with van der Waals surface area (Å²) in [6.07, 6.45) is 8.40. The van der Waals surface area contributed by atoms with Gasteiger partial charge in [-0.15, -0.1) is 0 Å². The average molecular weight is 215 g/mol. The van der Waals surface area contributed by atoms with Crippen LogP contribution in [-0.4, -0.2) is 6.54 Å². The molecule has 1 aromatic rings. The van der Waals surface area contributed by atoms with Gasteiger partial charge in [0.1, 0.15) is 0 Å². The molecule has 1 heteroatoms. The first kappa shape index (κ1) is 10.3. The molecule has 1 aromatic carbocycles. The van der Waals surface area contributed by atoms with Crippen LogP contribution >= 0.6 is 0 Å². The van der Waals surface area contributed by atoms with Gasteiger partial charge in [-0.25, -0.2) is 0 Å². The van der Waals surface area contributed by atoms with Crippen molar-refractivity contribution in [2.45, 2.75) is 44.6 Å². The fourth-order valence-electron chi connectivity index (χ4n) is 3.38. The van der Waals surface area contributed by atoms with E-state index in [1.165, 1.54) is 38.5 Å². The number of hydrogen-bond donors (Lipinski definition) is 1. The smallest absolute Gasteiger partial charge is 0.0325 e. The van der Waals surface area contributed by atoms with Crippen LogP contribution in [0.3, 0.4) is 0 Å². The molecule has 0 saturated heterocycles. The largest absolute Gasteiger partial charge is 0.310 e. The van der Waals surface area contributed by atoms with E-state index in [0.29, 0.717) is 6.04 Å². The Morgan fingerprint density at radius 2 is 1.94 bits per heavy atom. The van der Waals surface area contributed by atoms with Gasteiger partial charge >= 0.3 is 0 Å². The highest BCUT2D eigenvalue weighted by Crippen LogP contribution is 2.35. The van der Waals surface area contributed by atoms with Gasteiger partial charge in [0, 0.05) is 6.04 Å². The lowest BCUT2D eigenvalue weighted by molar-refractivity contribution is 0.383. The van der Waals surface area contributed by atoms with E-state index in [4.69, 9.17) is 0 Å². The van der Waals surface area contributed by atoms with Crippen molar-refractivity contribution in [2.75, 3.05) is 6.54 Å². The molecule has 1 aliphatic carbocycles. The van der Waals surface area contributed by atoms with Crippen LogP contribution in [0, 0.1) is 5.92 Å². The molecule has 1 nitrogen and oxygen atoms in total. The molecule has 86 valence electrons. The Morgan fingerprint density at radius 3 is 2.81 bits per heavy atom. The highest BCUT2D eigenvalue weighted by Gasteiger charge is 2.24. The van der Waals surface area contributed by atoms with Gasteiger partial charge in [-0.1, -0.05) is 49.9 Å². The standard InChI is InChI=1S/C15H21N/c1-2-6-12(5-1)11-15-14-8-4-3-7-13(14)9-10-16-15/h3-4,7-8,12,15-16H,1-2,5-6,9-11H2. The Morgan fingerprint density at radius 1 is 1.12 bits per heavy atom. The van der Waals surface area contributed by atoms with Crippen LogP contribution < -0.4 is 5.32 Å². The maximum absolute atomic E-state index is 3.70. The Balaban J connectivity index is 1.76. The van der Waals surface area contributed by atoms with E-state index in [2.05, 4.69) is 29.6 Å². The minimum atomic E-state index is 0.632. The summed E-state index contributed by atoms with van der Waals surface area (Å²) in [4.78, 5) is 0. The second kappa shape index (κ2) is 4.58. The Bertz CT molecular complexity index is 352. The van der Waals surface area contributed by atoms with Crippen molar-refractivity contribution in [2.24, 2.45) is 5.92 Å². The molecule has 1 heterocycles. The van der Waals surface area contributed by atoms with Crippen molar-refractivity contribution in [3.05, 3.63) is 35.4 Å². The summed E-state index contributed by atoms with van der Waals surface area (Å²) >= 11 is 0. The molecule has 0 spiro atoms. The van der Waals surface area contributed by atoms with Crippen molar-refractivity contribution in [3.63, 3.8) is 0 Å². The number of fused-ring (bicyclic) bond motifs is 1. The molecule has 1 unspecified atom stereocenters. The summed E-state index contributed by atoms with van der Waals surface area (Å²) < 4.78 is 0. The van der Waals surface area contributed by atoms with Crippen molar-refractivity contribution in [1.29, 1.82) is 0 Å². The highest BCUT2D eigenvalue weighted by molar-refractivity contribution is 5.32. The third kappa shape index (κ3) is 2.01. The predicted molar refractivity (Wildman–Crippen MR) is 67.5 cm³/mol. The minimum absolute atomic E-state index is 0.632. The van der Waals surface area contributed by atoms with Gasteiger partial charge < -0.3 is 5.32 Å². The number of hydrogen-bond acceptors (Lipinski definition) is 1. The summed E-state index contributed by atoms with van der Waals surface area (Å²) in [6, 6.07) is 9.62. The lowest BCUT2D eigenvalue weighted by atomic mass is 9.88. The molecule has 0 bridgehead atoms. The van der Waals surface area contributed by atoms with E-state index < -0.39 is 0 Å². The van der Waals surface area contributed by atoms with Crippen LogP contribution in [0.4, 0.5) is 0 Å². The zero-order valence-corrected chi connectivity index (χ0v) is 9.91. The Labute approximate surface area is 98.3 Å². The normalized spacial score (nSPS) is 25.6. The number of rotatable bonds is 2. The summed E-state index contributed by atoms with van der Waals surface area (Å²) in [5.74, 6) is 0.976. The molecule has 1 atom stereocenters. The molecule has 1 fully saturated rings. The topological polar surface area (TPSA) is 12.0 Å². The van der Waals surface area contributed by atoms with Crippen molar-refractivity contribution in [3.8, 4) is 0 Å². The van der Waals surface area contributed by atoms with E-state index in [1.807, 2.05) is 0 Å². The predicted octanol–water partition coefficient (Wildman–Crippen LogP) is 3.45. The maximum atomic E-state index is 3.70. The highest BCUT2D eigenvalue weighted by atomic mass is 14.9. The summed E-state index contributed by atoms with van der Waals surface area (Å²) in [7, 11) is 0. The molecular formula is C15H21N. The van der Waals surface area contributed by atoms with Crippen molar-refractivity contribution in [1.82, 2.24) is 5.32 Å². The molecule has 16 heavy (non-hydrogen) atoms. The first-order chi connectivity index (χ1) is 7.93. The van der Waals surface area contributed by atoms with E-state index in [-0.39, 0.29) is 0 Å². The van der Waals surface area contributed by atoms with Crippen LogP contribution in [0.25, 0.3) is 0 Å². The SMILES string of the molecule is c1ccc2c(c1)CCNC2CC1CCCC1. The van der Waals surface area contributed by atoms with E-state index >= 15 is 0 Å². The zero-order valence-electron chi connectivity index (χ0n) is 9.91. The molecule has 1 aliphatic heterocycles. The van der Waals surface area contributed by atoms with Crippen LogP contribution in [0.15, 0.2) is 24.3 Å². The molecule has 2 aliphatic rings. The maximum Gasteiger partial charge on any atom is 0.0325 e. The third-order valence-corrected chi connectivity index (χ3v) is 4.26. The van der Waals surface area contributed by atoms with Gasteiger partial charge in [-0.2, -0.15) is 0 Å². The molecule has 0 aromatic heterocycles. The van der Waals surface area contributed by atoms with Crippen molar-refractivity contribution < 1.29 is 0 Å². The quantitative estimate of drug-likeness (QED) is 0.796. The second-order valence-corrected chi connectivity index (χ2v) is 5.34. The zero-order chi connectivity index (χ0) is 10.8. The van der Waals surface area contributed by atoms with Gasteiger partial charge in [-0.05, 0) is 36.4 Å². The minimum Gasteiger partial charge on any atom is -0.310 e. The summed E-state index contributed by atoms with van der Waals surface area (Å²) in [5, 5.41) is 3.70. The average Bonchev–Trinajstić information content (AvgIpc) is 2.82. The van der Waals surface area contributed by atoms with E-state index in [9.17, 15) is 0 Å². The monoisotopic (exact) mass is 215 g/mol. The third-order valence-electron chi connectivity index (χ3n) is 4.26. The summed E-state index contributed by atoms with van der Waals surface area (Å²) in [5.41, 5.74) is 3.14. The number of nitrogens with one attached hydrogen (secondary N) is 1. The first-order valence-electron chi connectivity index (χ1n) is 6.74. The van der Waals surface area contributed by atoms with Crippen LogP contribution in [-0.2, 0) is 6.42 Å². The fraction of sp³-hybridized carbons (Fsp3) is 0.600. The van der Waals surface area contributed by atoms with E-state index in [0.717, 1.165) is 12.5 Å². The van der Waals surface area contributed by atoms with Crippen LogP contribution in [0.5, 0.6) is 0 Å². The van der Waals surface area contributed by atoms with Gasteiger partial charge in [0.25, 0.3) is 0 Å². The van der Waals surface area contributed by atoms with E-state index in [1.54, 1.807) is 11.1 Å². The molecule has 3 rings (SSSR count). The Kier molecular flexibility index (Phi) is 2.96. The van der Waals surface area contributed by atoms with Crippen LogP contribution in [0.2, 0.25) is 0 Å². The molecule has 0 amide bonds. The van der Waals surface area contributed by atoms with Gasteiger partial charge in [0.15, 0.2) is 0 Å². The molecule has 1 N–H and O–H groups in total. The van der Waals surface area contributed by atoms with Gasteiger partial charge in [0.05, 0.1) is 0 Å². The second-order valence-electron chi connectivity index (χ2n) is 5.34. The first-order valence-corrected chi connectivity index (χ1v) is 6.74. The molecular weight excluding hydrogens is 194 g/mol. The van der Waals surface area contributed by atoms with Gasteiger partial charge in [-0.3, -0.25) is 0 Å². The molecule has 0 radical (unpaired) electrons. The van der Waals surface area contributed by atoms with Gasteiger partial charge in [0.2, 0.25) is 0 Å². The lowest BCUT2D eigenvalue weighted by Crippen LogP contribution is -2.30.